The largest absolute Gasteiger partial charge is 0.338 e. The maximum Gasteiger partial charge on any atom is 0.227 e. The molecule has 1 amide bonds. The summed E-state index contributed by atoms with van der Waals surface area (Å²) in [5.41, 5.74) is 2.07. The van der Waals surface area contributed by atoms with Crippen LogP contribution in [0.3, 0.4) is 0 Å². The summed E-state index contributed by atoms with van der Waals surface area (Å²) in [7, 11) is 0. The molecular formula is C14H16ClN5O. The van der Waals surface area contributed by atoms with E-state index in [-0.39, 0.29) is 11.8 Å². The normalized spacial score (nSPS) is 15.6. The minimum absolute atomic E-state index is 0.121. The number of halogens is 1. The summed E-state index contributed by atoms with van der Waals surface area (Å²) in [4.78, 5) is 22.6. The van der Waals surface area contributed by atoms with Crippen LogP contribution in [0.5, 0.6) is 0 Å². The van der Waals surface area contributed by atoms with Crippen molar-refractivity contribution in [3.63, 3.8) is 0 Å². The highest BCUT2D eigenvalue weighted by molar-refractivity contribution is 6.30. The Morgan fingerprint density at radius 1 is 1.52 bits per heavy atom. The van der Waals surface area contributed by atoms with Crippen LogP contribution in [0.2, 0.25) is 5.02 Å². The number of carbonyl (C=O) groups excluding carboxylic acids is 1. The Bertz CT molecular complexity index is 643. The van der Waals surface area contributed by atoms with Crippen molar-refractivity contribution in [2.45, 2.75) is 26.4 Å². The lowest BCUT2D eigenvalue weighted by atomic mass is 10.0. The molecule has 0 radical (unpaired) electrons. The van der Waals surface area contributed by atoms with Crippen molar-refractivity contribution in [1.82, 2.24) is 24.6 Å². The Kier molecular flexibility index (Phi) is 3.88. The molecule has 0 aromatic carbocycles. The van der Waals surface area contributed by atoms with Gasteiger partial charge < -0.3 is 4.90 Å². The molecule has 3 rings (SSSR count). The van der Waals surface area contributed by atoms with Crippen LogP contribution < -0.4 is 0 Å². The van der Waals surface area contributed by atoms with Crippen molar-refractivity contribution in [3.05, 3.63) is 41.2 Å². The molecular weight excluding hydrogens is 290 g/mol. The molecule has 1 aliphatic heterocycles. The van der Waals surface area contributed by atoms with E-state index in [1.807, 2.05) is 17.9 Å². The molecule has 0 fully saturated rings. The Labute approximate surface area is 127 Å². The molecule has 0 spiro atoms. The average Bonchev–Trinajstić information content (AvgIpc) is 2.98. The van der Waals surface area contributed by atoms with Crippen molar-refractivity contribution in [2.24, 2.45) is 5.92 Å². The molecule has 6 nitrogen and oxygen atoms in total. The number of pyridine rings is 1. The summed E-state index contributed by atoms with van der Waals surface area (Å²) < 4.78 is 1.68. The molecule has 0 unspecified atom stereocenters. The van der Waals surface area contributed by atoms with Crippen molar-refractivity contribution in [3.8, 4) is 0 Å². The molecule has 0 aliphatic carbocycles. The first-order chi connectivity index (χ1) is 10.1. The lowest BCUT2D eigenvalue weighted by Crippen LogP contribution is -2.40. The minimum Gasteiger partial charge on any atom is -0.338 e. The maximum absolute atomic E-state index is 12.5. The van der Waals surface area contributed by atoms with Crippen molar-refractivity contribution < 1.29 is 4.79 Å². The van der Waals surface area contributed by atoms with E-state index in [2.05, 4.69) is 15.1 Å². The number of carbonyl (C=O) groups is 1. The summed E-state index contributed by atoms with van der Waals surface area (Å²) >= 11 is 5.98. The number of rotatable bonds is 3. The van der Waals surface area contributed by atoms with E-state index >= 15 is 0 Å². The first-order valence-electron chi connectivity index (χ1n) is 6.88. The van der Waals surface area contributed by atoms with Gasteiger partial charge in [0.05, 0.1) is 17.5 Å². The molecule has 3 heterocycles. The van der Waals surface area contributed by atoms with Gasteiger partial charge in [-0.1, -0.05) is 18.5 Å². The smallest absolute Gasteiger partial charge is 0.227 e. The summed E-state index contributed by atoms with van der Waals surface area (Å²) in [6.45, 7) is 3.72. The summed E-state index contributed by atoms with van der Waals surface area (Å²) in [6, 6.07) is 1.89. The number of nitrogens with zero attached hydrogens (tertiary/aromatic N) is 5. The van der Waals surface area contributed by atoms with E-state index in [4.69, 9.17) is 11.6 Å². The number of hydrogen-bond donors (Lipinski definition) is 0. The van der Waals surface area contributed by atoms with Gasteiger partial charge in [0.25, 0.3) is 0 Å². The van der Waals surface area contributed by atoms with Crippen molar-refractivity contribution in [1.29, 1.82) is 0 Å². The van der Waals surface area contributed by atoms with Crippen LogP contribution in [0.1, 0.15) is 18.2 Å². The van der Waals surface area contributed by atoms with E-state index in [9.17, 15) is 4.79 Å². The van der Waals surface area contributed by atoms with Gasteiger partial charge in [0, 0.05) is 31.4 Å². The summed E-state index contributed by atoms with van der Waals surface area (Å²) in [6.07, 6.45) is 5.53. The highest BCUT2D eigenvalue weighted by Crippen LogP contribution is 2.21. The predicted octanol–water partition coefficient (Wildman–Crippen LogP) is 1.55. The highest BCUT2D eigenvalue weighted by Gasteiger charge is 2.25. The van der Waals surface area contributed by atoms with Crippen LogP contribution in [0.25, 0.3) is 0 Å². The van der Waals surface area contributed by atoms with Gasteiger partial charge in [0.1, 0.15) is 12.7 Å². The van der Waals surface area contributed by atoms with Gasteiger partial charge in [-0.25, -0.2) is 4.98 Å². The third kappa shape index (κ3) is 3.05. The van der Waals surface area contributed by atoms with Gasteiger partial charge in [0.15, 0.2) is 0 Å². The number of fused-ring (bicyclic) bond motifs is 1. The van der Waals surface area contributed by atoms with Gasteiger partial charge in [-0.15, -0.1) is 0 Å². The van der Waals surface area contributed by atoms with Gasteiger partial charge in [-0.2, -0.15) is 5.10 Å². The Hall–Kier alpha value is -1.95. The fourth-order valence-corrected chi connectivity index (χ4v) is 2.76. The predicted molar refractivity (Wildman–Crippen MR) is 77.6 cm³/mol. The quantitative estimate of drug-likeness (QED) is 0.863. The SMILES string of the molecule is C[C@@H](Cn1cncn1)C(=O)N1CCc2ncc(Cl)cc2C1. The van der Waals surface area contributed by atoms with E-state index in [1.165, 1.54) is 6.33 Å². The highest BCUT2D eigenvalue weighted by atomic mass is 35.5. The molecule has 2 aromatic rings. The van der Waals surface area contributed by atoms with Crippen LogP contribution in [0, 0.1) is 5.92 Å². The standard InChI is InChI=1S/C14H16ClN5O/c1-10(6-20-9-16-8-18-20)14(21)19-3-2-13-11(7-19)4-12(15)5-17-13/h4-5,8-10H,2-3,6-7H2,1H3/t10-/m0/s1. The molecule has 21 heavy (non-hydrogen) atoms. The zero-order valence-corrected chi connectivity index (χ0v) is 12.5. The monoisotopic (exact) mass is 305 g/mol. The molecule has 1 aliphatic rings. The molecule has 2 aromatic heterocycles. The van der Waals surface area contributed by atoms with E-state index < -0.39 is 0 Å². The van der Waals surface area contributed by atoms with Gasteiger partial charge in [0.2, 0.25) is 5.91 Å². The van der Waals surface area contributed by atoms with E-state index in [0.29, 0.717) is 24.7 Å². The molecule has 0 bridgehead atoms. The first-order valence-corrected chi connectivity index (χ1v) is 7.26. The lowest BCUT2D eigenvalue weighted by molar-refractivity contribution is -0.136. The molecule has 1 atom stereocenters. The molecule has 0 N–H and O–H groups in total. The van der Waals surface area contributed by atoms with E-state index in [0.717, 1.165) is 17.7 Å². The van der Waals surface area contributed by atoms with Crippen molar-refractivity contribution in [2.75, 3.05) is 6.54 Å². The number of amides is 1. The molecule has 110 valence electrons. The first kappa shape index (κ1) is 14.0. The third-order valence-corrected chi connectivity index (χ3v) is 3.87. The Morgan fingerprint density at radius 3 is 3.14 bits per heavy atom. The zero-order chi connectivity index (χ0) is 14.8. The van der Waals surface area contributed by atoms with Gasteiger partial charge in [-0.05, 0) is 11.6 Å². The number of hydrogen-bond acceptors (Lipinski definition) is 4. The second-order valence-corrected chi connectivity index (χ2v) is 5.72. The fraction of sp³-hybridized carbons (Fsp3) is 0.429. The minimum atomic E-state index is -0.139. The second kappa shape index (κ2) is 5.81. The van der Waals surface area contributed by atoms with Crippen LogP contribution in [-0.4, -0.2) is 37.1 Å². The number of aromatic nitrogens is 4. The third-order valence-electron chi connectivity index (χ3n) is 3.67. The van der Waals surface area contributed by atoms with Gasteiger partial charge in [-0.3, -0.25) is 14.5 Å². The lowest BCUT2D eigenvalue weighted by Gasteiger charge is -2.30. The summed E-state index contributed by atoms with van der Waals surface area (Å²) in [5.74, 6) is -0.0171. The Balaban J connectivity index is 1.68. The van der Waals surface area contributed by atoms with E-state index in [1.54, 1.807) is 17.2 Å². The van der Waals surface area contributed by atoms with Crippen LogP contribution >= 0.6 is 11.6 Å². The van der Waals surface area contributed by atoms with Crippen LogP contribution in [-0.2, 0) is 24.3 Å². The molecule has 0 saturated carbocycles. The topological polar surface area (TPSA) is 63.9 Å². The van der Waals surface area contributed by atoms with Crippen LogP contribution in [0.4, 0.5) is 0 Å². The van der Waals surface area contributed by atoms with Crippen LogP contribution in [0.15, 0.2) is 24.9 Å². The molecule has 7 heteroatoms. The zero-order valence-electron chi connectivity index (χ0n) is 11.7. The summed E-state index contributed by atoms with van der Waals surface area (Å²) in [5, 5.41) is 4.65. The Morgan fingerprint density at radius 2 is 2.38 bits per heavy atom. The fourth-order valence-electron chi connectivity index (χ4n) is 2.58. The maximum atomic E-state index is 12.5. The second-order valence-electron chi connectivity index (χ2n) is 5.29. The average molecular weight is 306 g/mol. The molecule has 0 saturated heterocycles. The van der Waals surface area contributed by atoms with Crippen molar-refractivity contribution >= 4 is 17.5 Å². The van der Waals surface area contributed by atoms with Gasteiger partial charge >= 0.3 is 0 Å².